The van der Waals surface area contributed by atoms with Crippen LogP contribution in [0.1, 0.15) is 5.56 Å². The third-order valence-electron chi connectivity index (χ3n) is 5.06. The number of hydrogen-bond donors (Lipinski definition) is 1. The van der Waals surface area contributed by atoms with Crippen molar-refractivity contribution >= 4 is 44.7 Å². The molecule has 0 bridgehead atoms. The predicted molar refractivity (Wildman–Crippen MR) is 130 cm³/mol. The number of thiophene rings is 1. The third kappa shape index (κ3) is 4.24. The fourth-order valence-electron chi connectivity index (χ4n) is 3.53. The van der Waals surface area contributed by atoms with Crippen molar-refractivity contribution in [3.05, 3.63) is 79.3 Å². The van der Waals surface area contributed by atoms with E-state index in [1.165, 1.54) is 36.2 Å². The Balaban J connectivity index is 1.76. The van der Waals surface area contributed by atoms with Crippen molar-refractivity contribution in [1.82, 2.24) is 9.13 Å². The first-order chi connectivity index (χ1) is 15.8. The fourth-order valence-corrected chi connectivity index (χ4v) is 4.59. The molecule has 4 rings (SSSR count). The first-order valence-corrected chi connectivity index (χ1v) is 11.1. The van der Waals surface area contributed by atoms with Crippen LogP contribution in [0.5, 0.6) is 11.5 Å². The highest BCUT2D eigenvalue weighted by atomic mass is 35.5. The van der Waals surface area contributed by atoms with Crippen LogP contribution in [0.2, 0.25) is 5.02 Å². The van der Waals surface area contributed by atoms with Crippen molar-refractivity contribution in [1.29, 1.82) is 0 Å². The first kappa shape index (κ1) is 22.6. The van der Waals surface area contributed by atoms with Gasteiger partial charge in [-0.2, -0.15) is 0 Å². The quantitative estimate of drug-likeness (QED) is 0.448. The van der Waals surface area contributed by atoms with E-state index >= 15 is 0 Å². The Labute approximate surface area is 197 Å². The van der Waals surface area contributed by atoms with Crippen LogP contribution >= 0.6 is 22.9 Å². The Kier molecular flexibility index (Phi) is 6.26. The Bertz CT molecular complexity index is 1490. The van der Waals surface area contributed by atoms with Crippen LogP contribution in [0.3, 0.4) is 0 Å². The van der Waals surface area contributed by atoms with Gasteiger partial charge >= 0.3 is 5.69 Å². The lowest BCUT2D eigenvalue weighted by Gasteiger charge is -2.15. The van der Waals surface area contributed by atoms with Crippen LogP contribution in [-0.2, 0) is 11.3 Å². The predicted octanol–water partition coefficient (Wildman–Crippen LogP) is 3.83. The minimum atomic E-state index is -0.605. The molecule has 0 unspecified atom stereocenters. The van der Waals surface area contributed by atoms with Crippen LogP contribution in [0.25, 0.3) is 15.9 Å². The van der Waals surface area contributed by atoms with Crippen LogP contribution in [0.15, 0.2) is 57.4 Å². The van der Waals surface area contributed by atoms with E-state index in [4.69, 9.17) is 21.1 Å². The summed E-state index contributed by atoms with van der Waals surface area (Å²) in [5, 5.41) is 4.73. The number of nitrogens with one attached hydrogen (secondary N) is 1. The molecule has 0 aliphatic heterocycles. The maximum atomic E-state index is 13.4. The Morgan fingerprint density at radius 1 is 1.09 bits per heavy atom. The first-order valence-electron chi connectivity index (χ1n) is 9.85. The zero-order valence-electron chi connectivity index (χ0n) is 18.0. The largest absolute Gasteiger partial charge is 0.495 e. The average Bonchev–Trinajstić information content (AvgIpc) is 3.27. The molecule has 0 spiro atoms. The molecule has 170 valence electrons. The monoisotopic (exact) mass is 485 g/mol. The number of rotatable bonds is 6. The van der Waals surface area contributed by atoms with Crippen LogP contribution in [0.4, 0.5) is 5.69 Å². The maximum absolute atomic E-state index is 13.4. The van der Waals surface area contributed by atoms with Gasteiger partial charge in [0.1, 0.15) is 22.7 Å². The van der Waals surface area contributed by atoms with Gasteiger partial charge in [-0.3, -0.25) is 14.2 Å². The lowest BCUT2D eigenvalue weighted by Crippen LogP contribution is -2.40. The number of nitrogens with zero attached hydrogens (tertiary/aromatic N) is 2. The third-order valence-corrected chi connectivity index (χ3v) is 6.25. The van der Waals surface area contributed by atoms with Crippen molar-refractivity contribution in [2.45, 2.75) is 13.5 Å². The highest BCUT2D eigenvalue weighted by Crippen LogP contribution is 2.35. The average molecular weight is 486 g/mol. The molecule has 2 aromatic heterocycles. The summed E-state index contributed by atoms with van der Waals surface area (Å²) in [6.07, 6.45) is 0. The molecule has 0 atom stereocenters. The van der Waals surface area contributed by atoms with Gasteiger partial charge in [-0.15, -0.1) is 11.3 Å². The highest BCUT2D eigenvalue weighted by molar-refractivity contribution is 7.17. The molecule has 0 saturated carbocycles. The summed E-state index contributed by atoms with van der Waals surface area (Å²) < 4.78 is 13.2. The van der Waals surface area contributed by atoms with Gasteiger partial charge in [-0.1, -0.05) is 23.7 Å². The summed E-state index contributed by atoms with van der Waals surface area (Å²) in [5.41, 5.74) is 1.04. The number of aryl methyl sites for hydroxylation is 1. The number of carbonyl (C=O) groups is 1. The number of halogens is 1. The second-order valence-corrected chi connectivity index (χ2v) is 8.54. The summed E-state index contributed by atoms with van der Waals surface area (Å²) in [4.78, 5) is 39.3. The molecule has 4 aromatic rings. The van der Waals surface area contributed by atoms with Gasteiger partial charge in [0.2, 0.25) is 5.91 Å². The number of ether oxygens (including phenoxy) is 2. The van der Waals surface area contributed by atoms with Crippen LogP contribution in [-0.4, -0.2) is 29.3 Å². The number of benzene rings is 2. The van der Waals surface area contributed by atoms with E-state index in [0.29, 0.717) is 38.1 Å². The smallest absolute Gasteiger partial charge is 0.336 e. The van der Waals surface area contributed by atoms with Crippen molar-refractivity contribution in [2.75, 3.05) is 19.5 Å². The Morgan fingerprint density at radius 3 is 2.55 bits per heavy atom. The number of methoxy groups -OCH3 is 2. The number of aromatic nitrogens is 2. The van der Waals surface area contributed by atoms with E-state index in [1.54, 1.807) is 35.7 Å². The molecule has 0 aliphatic carbocycles. The van der Waals surface area contributed by atoms with Crippen LogP contribution < -0.4 is 26.0 Å². The zero-order chi connectivity index (χ0) is 23.7. The summed E-state index contributed by atoms with van der Waals surface area (Å²) >= 11 is 7.40. The molecular weight excluding hydrogens is 466 g/mol. The molecule has 0 saturated heterocycles. The van der Waals surface area contributed by atoms with E-state index in [9.17, 15) is 14.4 Å². The molecule has 2 heterocycles. The molecule has 2 aromatic carbocycles. The summed E-state index contributed by atoms with van der Waals surface area (Å²) in [7, 11) is 2.93. The van der Waals surface area contributed by atoms with E-state index < -0.39 is 17.2 Å². The van der Waals surface area contributed by atoms with Crippen LogP contribution in [0, 0.1) is 6.92 Å². The molecular formula is C23H20ClN3O5S. The summed E-state index contributed by atoms with van der Waals surface area (Å²) in [5.74, 6) is 0.258. The standard InChI is InChI=1S/C23H20ClN3O5S/c1-13-5-4-6-14(9-13)27-22(29)21-17(7-8-33-21)26(23(27)30)12-20(28)25-16-10-15(24)18(31-2)11-19(16)32-3/h4-11H,12H2,1-3H3,(H,25,28). The fraction of sp³-hybridized carbons (Fsp3) is 0.174. The van der Waals surface area contributed by atoms with Gasteiger partial charge in [-0.05, 0) is 42.1 Å². The second kappa shape index (κ2) is 9.13. The van der Waals surface area contributed by atoms with E-state index in [1.807, 2.05) is 13.0 Å². The van der Waals surface area contributed by atoms with Crippen molar-refractivity contribution in [3.63, 3.8) is 0 Å². The Morgan fingerprint density at radius 2 is 1.85 bits per heavy atom. The normalized spacial score (nSPS) is 10.9. The maximum Gasteiger partial charge on any atom is 0.336 e. The summed E-state index contributed by atoms with van der Waals surface area (Å²) in [6.45, 7) is 1.56. The molecule has 0 aliphatic rings. The molecule has 0 fully saturated rings. The lowest BCUT2D eigenvalue weighted by atomic mass is 10.2. The number of amides is 1. The minimum absolute atomic E-state index is 0.291. The molecule has 1 amide bonds. The van der Waals surface area contributed by atoms with Gasteiger partial charge < -0.3 is 14.8 Å². The topological polar surface area (TPSA) is 91.6 Å². The number of hydrogen-bond acceptors (Lipinski definition) is 6. The van der Waals surface area contributed by atoms with Gasteiger partial charge in [0.25, 0.3) is 5.56 Å². The molecule has 0 radical (unpaired) electrons. The van der Waals surface area contributed by atoms with Crippen molar-refractivity contribution < 1.29 is 14.3 Å². The number of anilines is 1. The zero-order valence-corrected chi connectivity index (χ0v) is 19.6. The number of fused-ring (bicyclic) bond motifs is 1. The van der Waals surface area contributed by atoms with Gasteiger partial charge in [0.15, 0.2) is 0 Å². The Hall–Kier alpha value is -3.56. The van der Waals surface area contributed by atoms with Crippen molar-refractivity contribution in [2.24, 2.45) is 0 Å². The second-order valence-electron chi connectivity index (χ2n) is 7.22. The lowest BCUT2D eigenvalue weighted by molar-refractivity contribution is -0.116. The van der Waals surface area contributed by atoms with Gasteiger partial charge in [0, 0.05) is 6.07 Å². The summed E-state index contributed by atoms with van der Waals surface area (Å²) in [6, 6.07) is 11.8. The SMILES string of the molecule is COc1cc(OC)c(NC(=O)Cn2c(=O)n(-c3cccc(C)c3)c(=O)c3sccc32)cc1Cl. The van der Waals surface area contributed by atoms with Gasteiger partial charge in [0.05, 0.1) is 36.1 Å². The van der Waals surface area contributed by atoms with E-state index in [2.05, 4.69) is 5.32 Å². The molecule has 1 N–H and O–H groups in total. The molecule has 33 heavy (non-hydrogen) atoms. The van der Waals surface area contributed by atoms with Gasteiger partial charge in [-0.25, -0.2) is 9.36 Å². The number of carbonyl (C=O) groups excluding carboxylic acids is 1. The molecule has 8 nitrogen and oxygen atoms in total. The highest BCUT2D eigenvalue weighted by Gasteiger charge is 2.19. The van der Waals surface area contributed by atoms with E-state index in [0.717, 1.165) is 10.1 Å². The van der Waals surface area contributed by atoms with Crippen molar-refractivity contribution in [3.8, 4) is 17.2 Å². The van der Waals surface area contributed by atoms with E-state index in [-0.39, 0.29) is 6.54 Å². The molecule has 10 heteroatoms. The minimum Gasteiger partial charge on any atom is -0.495 e.